The van der Waals surface area contributed by atoms with Gasteiger partial charge in [0.15, 0.2) is 0 Å². The first-order valence-corrected chi connectivity index (χ1v) is 5.03. The van der Waals surface area contributed by atoms with E-state index in [2.05, 4.69) is 5.32 Å². The third-order valence-corrected chi connectivity index (χ3v) is 2.49. The SMILES string of the molecule is Cc1ccc(C(C)NC(=O)C2CC2)o1. The van der Waals surface area contributed by atoms with Crippen molar-refractivity contribution < 1.29 is 9.21 Å². The van der Waals surface area contributed by atoms with Crippen LogP contribution in [0.15, 0.2) is 16.5 Å². The molecule has 1 aliphatic rings. The highest BCUT2D eigenvalue weighted by Crippen LogP contribution is 2.29. The molecule has 1 heterocycles. The van der Waals surface area contributed by atoms with Crippen LogP contribution < -0.4 is 5.32 Å². The molecule has 0 aromatic carbocycles. The summed E-state index contributed by atoms with van der Waals surface area (Å²) in [5, 5.41) is 2.94. The molecule has 1 aromatic rings. The first kappa shape index (κ1) is 9.31. The molecule has 1 saturated carbocycles. The van der Waals surface area contributed by atoms with E-state index in [1.807, 2.05) is 26.0 Å². The molecule has 1 aromatic heterocycles. The molecule has 0 saturated heterocycles. The van der Waals surface area contributed by atoms with Crippen LogP contribution in [0.3, 0.4) is 0 Å². The average molecular weight is 193 g/mol. The van der Waals surface area contributed by atoms with Crippen molar-refractivity contribution in [3.8, 4) is 0 Å². The Kier molecular flexibility index (Phi) is 2.32. The zero-order chi connectivity index (χ0) is 10.1. The molecule has 3 nitrogen and oxygen atoms in total. The summed E-state index contributed by atoms with van der Waals surface area (Å²) in [4.78, 5) is 11.4. The van der Waals surface area contributed by atoms with Crippen LogP contribution in [0, 0.1) is 12.8 Å². The molecule has 1 N–H and O–H groups in total. The van der Waals surface area contributed by atoms with Gasteiger partial charge in [0.1, 0.15) is 11.5 Å². The number of furan rings is 1. The molecular formula is C11H15NO2. The van der Waals surface area contributed by atoms with Gasteiger partial charge in [0, 0.05) is 5.92 Å². The molecule has 0 bridgehead atoms. The van der Waals surface area contributed by atoms with Crippen molar-refractivity contribution in [1.29, 1.82) is 0 Å². The van der Waals surface area contributed by atoms with Crippen LogP contribution in [0.1, 0.15) is 37.3 Å². The lowest BCUT2D eigenvalue weighted by molar-refractivity contribution is -0.123. The fourth-order valence-electron chi connectivity index (χ4n) is 1.43. The van der Waals surface area contributed by atoms with Gasteiger partial charge in [-0.25, -0.2) is 0 Å². The molecular weight excluding hydrogens is 178 g/mol. The lowest BCUT2D eigenvalue weighted by atomic mass is 10.2. The molecule has 14 heavy (non-hydrogen) atoms. The summed E-state index contributed by atoms with van der Waals surface area (Å²) in [5.74, 6) is 2.13. The molecule has 2 rings (SSSR count). The van der Waals surface area contributed by atoms with Crippen LogP contribution in [0.2, 0.25) is 0 Å². The van der Waals surface area contributed by atoms with Crippen LogP contribution in [0.4, 0.5) is 0 Å². The van der Waals surface area contributed by atoms with Crippen molar-refractivity contribution in [2.45, 2.75) is 32.7 Å². The van der Waals surface area contributed by atoms with Crippen molar-refractivity contribution in [1.82, 2.24) is 5.32 Å². The highest BCUT2D eigenvalue weighted by molar-refractivity contribution is 5.81. The molecule has 0 aliphatic heterocycles. The van der Waals surface area contributed by atoms with Crippen LogP contribution in [-0.2, 0) is 4.79 Å². The normalized spacial score (nSPS) is 17.9. The summed E-state index contributed by atoms with van der Waals surface area (Å²) in [7, 11) is 0. The zero-order valence-corrected chi connectivity index (χ0v) is 8.54. The quantitative estimate of drug-likeness (QED) is 0.799. The van der Waals surface area contributed by atoms with E-state index in [4.69, 9.17) is 4.42 Å². The van der Waals surface area contributed by atoms with Crippen molar-refractivity contribution >= 4 is 5.91 Å². The highest BCUT2D eigenvalue weighted by atomic mass is 16.3. The predicted octanol–water partition coefficient (Wildman–Crippen LogP) is 2.18. The Hall–Kier alpha value is -1.25. The van der Waals surface area contributed by atoms with Crippen molar-refractivity contribution in [2.24, 2.45) is 5.92 Å². The standard InChI is InChI=1S/C11H15NO2/c1-7-3-6-10(14-7)8(2)12-11(13)9-4-5-9/h3,6,8-9H,4-5H2,1-2H3,(H,12,13). The molecule has 1 aliphatic carbocycles. The van der Waals surface area contributed by atoms with E-state index in [-0.39, 0.29) is 17.9 Å². The maximum absolute atomic E-state index is 11.4. The predicted molar refractivity (Wildman–Crippen MR) is 52.7 cm³/mol. The maximum atomic E-state index is 11.4. The minimum Gasteiger partial charge on any atom is -0.464 e. The van der Waals surface area contributed by atoms with E-state index in [9.17, 15) is 4.79 Å². The Morgan fingerprint density at radius 1 is 1.57 bits per heavy atom. The van der Waals surface area contributed by atoms with Gasteiger partial charge >= 0.3 is 0 Å². The summed E-state index contributed by atoms with van der Waals surface area (Å²) < 4.78 is 5.43. The monoisotopic (exact) mass is 193 g/mol. The van der Waals surface area contributed by atoms with Crippen molar-refractivity contribution in [3.63, 3.8) is 0 Å². The Labute approximate surface area is 83.5 Å². The summed E-state index contributed by atoms with van der Waals surface area (Å²) >= 11 is 0. The van der Waals surface area contributed by atoms with Crippen molar-refractivity contribution in [3.05, 3.63) is 23.7 Å². The highest BCUT2D eigenvalue weighted by Gasteiger charge is 2.30. The molecule has 76 valence electrons. The van der Waals surface area contributed by atoms with Gasteiger partial charge in [-0.15, -0.1) is 0 Å². The molecule has 1 fully saturated rings. The fraction of sp³-hybridized carbons (Fsp3) is 0.545. The van der Waals surface area contributed by atoms with Gasteiger partial charge in [-0.05, 0) is 38.8 Å². The van der Waals surface area contributed by atoms with Gasteiger partial charge in [0.05, 0.1) is 6.04 Å². The van der Waals surface area contributed by atoms with E-state index in [1.165, 1.54) is 0 Å². The Morgan fingerprint density at radius 3 is 2.79 bits per heavy atom. The number of carbonyl (C=O) groups is 1. The minimum absolute atomic E-state index is 0.0169. The van der Waals surface area contributed by atoms with Crippen LogP contribution in [0.25, 0.3) is 0 Å². The van der Waals surface area contributed by atoms with Gasteiger partial charge in [0.2, 0.25) is 5.91 Å². The van der Waals surface area contributed by atoms with E-state index in [0.717, 1.165) is 24.4 Å². The summed E-state index contributed by atoms with van der Waals surface area (Å²) in [5.41, 5.74) is 0. The number of aryl methyl sites for hydroxylation is 1. The average Bonchev–Trinajstić information content (AvgIpc) is 2.89. The Bertz CT molecular complexity index is 339. The van der Waals surface area contributed by atoms with Gasteiger partial charge in [-0.1, -0.05) is 0 Å². The van der Waals surface area contributed by atoms with Gasteiger partial charge in [-0.2, -0.15) is 0 Å². The summed E-state index contributed by atoms with van der Waals surface area (Å²) in [6, 6.07) is 3.80. The molecule has 0 spiro atoms. The Balaban J connectivity index is 1.94. The van der Waals surface area contributed by atoms with E-state index in [0.29, 0.717) is 0 Å². The number of amides is 1. The topological polar surface area (TPSA) is 42.2 Å². The lowest BCUT2D eigenvalue weighted by Gasteiger charge is -2.10. The fourth-order valence-corrected chi connectivity index (χ4v) is 1.43. The number of hydrogen-bond donors (Lipinski definition) is 1. The zero-order valence-electron chi connectivity index (χ0n) is 8.54. The maximum Gasteiger partial charge on any atom is 0.223 e. The summed E-state index contributed by atoms with van der Waals surface area (Å²) in [6.07, 6.45) is 2.07. The molecule has 1 amide bonds. The largest absolute Gasteiger partial charge is 0.464 e. The molecule has 1 unspecified atom stereocenters. The van der Waals surface area contributed by atoms with Gasteiger partial charge < -0.3 is 9.73 Å². The first-order valence-electron chi connectivity index (χ1n) is 5.03. The molecule has 1 atom stereocenters. The number of nitrogens with one attached hydrogen (secondary N) is 1. The third-order valence-electron chi connectivity index (χ3n) is 2.49. The lowest BCUT2D eigenvalue weighted by Crippen LogP contribution is -2.27. The van der Waals surface area contributed by atoms with Crippen LogP contribution in [0.5, 0.6) is 0 Å². The number of carbonyl (C=O) groups excluding carboxylic acids is 1. The van der Waals surface area contributed by atoms with E-state index < -0.39 is 0 Å². The van der Waals surface area contributed by atoms with E-state index in [1.54, 1.807) is 0 Å². The second-order valence-electron chi connectivity index (χ2n) is 3.95. The van der Waals surface area contributed by atoms with Gasteiger partial charge in [0.25, 0.3) is 0 Å². The van der Waals surface area contributed by atoms with Gasteiger partial charge in [-0.3, -0.25) is 4.79 Å². The second kappa shape index (κ2) is 3.48. The second-order valence-corrected chi connectivity index (χ2v) is 3.95. The molecule has 3 heteroatoms. The van der Waals surface area contributed by atoms with Crippen LogP contribution >= 0.6 is 0 Å². The third kappa shape index (κ3) is 1.97. The minimum atomic E-state index is -0.0169. The number of hydrogen-bond acceptors (Lipinski definition) is 2. The first-order chi connectivity index (χ1) is 6.66. The molecule has 0 radical (unpaired) electrons. The summed E-state index contributed by atoms with van der Waals surface area (Å²) in [6.45, 7) is 3.84. The van der Waals surface area contributed by atoms with Crippen LogP contribution in [-0.4, -0.2) is 5.91 Å². The van der Waals surface area contributed by atoms with E-state index >= 15 is 0 Å². The number of rotatable bonds is 3. The smallest absolute Gasteiger partial charge is 0.223 e. The Morgan fingerprint density at radius 2 is 2.29 bits per heavy atom. The van der Waals surface area contributed by atoms with Crippen molar-refractivity contribution in [2.75, 3.05) is 0 Å².